The third-order valence-electron chi connectivity index (χ3n) is 3.28. The summed E-state index contributed by atoms with van der Waals surface area (Å²) in [4.78, 5) is 0. The summed E-state index contributed by atoms with van der Waals surface area (Å²) in [6.07, 6.45) is 0.764. The van der Waals surface area contributed by atoms with Crippen LogP contribution >= 0.6 is 15.9 Å². The number of ether oxygens (including phenoxy) is 1. The average Bonchev–Trinajstić information content (AvgIpc) is 2.91. The molecule has 0 saturated carbocycles. The van der Waals surface area contributed by atoms with Crippen molar-refractivity contribution in [1.82, 2.24) is 0 Å². The van der Waals surface area contributed by atoms with Crippen molar-refractivity contribution in [3.63, 3.8) is 0 Å². The Morgan fingerprint density at radius 3 is 2.55 bits per heavy atom. The van der Waals surface area contributed by atoms with E-state index >= 15 is 0 Å². The highest BCUT2D eigenvalue weighted by Gasteiger charge is 2.17. The molecule has 20 heavy (non-hydrogen) atoms. The predicted octanol–water partition coefficient (Wildman–Crippen LogP) is 4.29. The number of furan rings is 1. The van der Waals surface area contributed by atoms with Gasteiger partial charge in [-0.25, -0.2) is 0 Å². The standard InChI is InChI=1S/C16H13BrO3/c1-19-13-5-4-10-8-12(3-2-11(10)9-13)15(18)16-14(17)6-7-20-16/h2-9,15,18H,1H3. The van der Waals surface area contributed by atoms with Crippen molar-refractivity contribution < 1.29 is 14.3 Å². The SMILES string of the molecule is COc1ccc2cc(C(O)c3occc3Br)ccc2c1. The van der Waals surface area contributed by atoms with Crippen LogP contribution in [-0.4, -0.2) is 12.2 Å². The largest absolute Gasteiger partial charge is 0.497 e. The maximum Gasteiger partial charge on any atom is 0.150 e. The zero-order valence-electron chi connectivity index (χ0n) is 10.8. The maximum atomic E-state index is 10.4. The van der Waals surface area contributed by atoms with Gasteiger partial charge in [0.05, 0.1) is 17.8 Å². The van der Waals surface area contributed by atoms with Crippen LogP contribution < -0.4 is 4.74 Å². The first-order valence-electron chi connectivity index (χ1n) is 6.17. The molecule has 1 unspecified atom stereocenters. The molecule has 0 aliphatic carbocycles. The number of aliphatic hydroxyl groups excluding tert-OH is 1. The van der Waals surface area contributed by atoms with Crippen LogP contribution in [0.1, 0.15) is 17.4 Å². The highest BCUT2D eigenvalue weighted by molar-refractivity contribution is 9.10. The Labute approximate surface area is 124 Å². The number of hydrogen-bond donors (Lipinski definition) is 1. The second-order valence-electron chi connectivity index (χ2n) is 4.51. The summed E-state index contributed by atoms with van der Waals surface area (Å²) in [5, 5.41) is 12.5. The van der Waals surface area contributed by atoms with Crippen LogP contribution in [0.4, 0.5) is 0 Å². The molecule has 0 spiro atoms. The van der Waals surface area contributed by atoms with Crippen molar-refractivity contribution in [2.45, 2.75) is 6.10 Å². The summed E-state index contributed by atoms with van der Waals surface area (Å²) in [5.41, 5.74) is 0.790. The van der Waals surface area contributed by atoms with Gasteiger partial charge < -0.3 is 14.3 Å². The van der Waals surface area contributed by atoms with Gasteiger partial charge in [-0.3, -0.25) is 0 Å². The predicted molar refractivity (Wildman–Crippen MR) is 81.0 cm³/mol. The van der Waals surface area contributed by atoms with E-state index in [-0.39, 0.29) is 0 Å². The van der Waals surface area contributed by atoms with Crippen LogP contribution in [-0.2, 0) is 0 Å². The lowest BCUT2D eigenvalue weighted by Gasteiger charge is -2.10. The Kier molecular flexibility index (Phi) is 3.51. The van der Waals surface area contributed by atoms with E-state index in [1.165, 1.54) is 0 Å². The maximum absolute atomic E-state index is 10.4. The second kappa shape index (κ2) is 5.31. The molecule has 0 bridgehead atoms. The first-order chi connectivity index (χ1) is 9.69. The molecule has 1 N–H and O–H groups in total. The molecule has 0 aliphatic heterocycles. The van der Waals surface area contributed by atoms with Crippen molar-refractivity contribution in [1.29, 1.82) is 0 Å². The van der Waals surface area contributed by atoms with E-state index in [9.17, 15) is 5.11 Å². The van der Waals surface area contributed by atoms with Crippen molar-refractivity contribution in [2.75, 3.05) is 7.11 Å². The number of halogens is 1. The van der Waals surface area contributed by atoms with Gasteiger partial charge in [0.2, 0.25) is 0 Å². The quantitative estimate of drug-likeness (QED) is 0.778. The molecule has 0 saturated heterocycles. The molecule has 1 atom stereocenters. The van der Waals surface area contributed by atoms with Crippen LogP contribution in [0.3, 0.4) is 0 Å². The number of benzene rings is 2. The second-order valence-corrected chi connectivity index (χ2v) is 5.36. The minimum atomic E-state index is -0.786. The molecule has 0 aliphatic rings. The van der Waals surface area contributed by atoms with Crippen LogP contribution in [0.5, 0.6) is 5.75 Å². The van der Waals surface area contributed by atoms with Crippen LogP contribution in [0.15, 0.2) is 57.6 Å². The van der Waals surface area contributed by atoms with E-state index < -0.39 is 6.10 Å². The Morgan fingerprint density at radius 1 is 1.10 bits per heavy atom. The number of methoxy groups -OCH3 is 1. The van der Waals surface area contributed by atoms with Crippen molar-refractivity contribution in [2.24, 2.45) is 0 Å². The number of fused-ring (bicyclic) bond motifs is 1. The lowest BCUT2D eigenvalue weighted by atomic mass is 10.0. The third kappa shape index (κ3) is 2.32. The van der Waals surface area contributed by atoms with E-state index in [0.717, 1.165) is 26.6 Å². The lowest BCUT2D eigenvalue weighted by Crippen LogP contribution is -1.98. The summed E-state index contributed by atoms with van der Waals surface area (Å²) < 4.78 is 11.3. The van der Waals surface area contributed by atoms with Gasteiger partial charge in [-0.1, -0.05) is 18.2 Å². The molecule has 4 heteroatoms. The Bertz CT molecular complexity index is 748. The van der Waals surface area contributed by atoms with Crippen LogP contribution in [0.2, 0.25) is 0 Å². The molecule has 1 aromatic heterocycles. The van der Waals surface area contributed by atoms with Crippen molar-refractivity contribution in [3.05, 3.63) is 64.5 Å². The van der Waals surface area contributed by atoms with Gasteiger partial charge in [0.15, 0.2) is 5.76 Å². The Balaban J connectivity index is 2.03. The zero-order chi connectivity index (χ0) is 14.1. The highest BCUT2D eigenvalue weighted by Crippen LogP contribution is 2.31. The Hall–Kier alpha value is -1.78. The van der Waals surface area contributed by atoms with Crippen molar-refractivity contribution in [3.8, 4) is 5.75 Å². The fourth-order valence-electron chi connectivity index (χ4n) is 2.19. The summed E-state index contributed by atoms with van der Waals surface area (Å²) >= 11 is 3.36. The normalized spacial score (nSPS) is 12.6. The minimum Gasteiger partial charge on any atom is -0.497 e. The first kappa shape index (κ1) is 13.2. The van der Waals surface area contributed by atoms with Gasteiger partial charge in [-0.15, -0.1) is 0 Å². The van der Waals surface area contributed by atoms with E-state index in [2.05, 4.69) is 15.9 Å². The fourth-order valence-corrected chi connectivity index (χ4v) is 2.61. The summed E-state index contributed by atoms with van der Waals surface area (Å²) in [5.74, 6) is 1.33. The van der Waals surface area contributed by atoms with Gasteiger partial charge in [-0.2, -0.15) is 0 Å². The van der Waals surface area contributed by atoms with E-state index in [1.54, 1.807) is 19.4 Å². The smallest absolute Gasteiger partial charge is 0.150 e. The Morgan fingerprint density at radius 2 is 1.85 bits per heavy atom. The van der Waals surface area contributed by atoms with Gasteiger partial charge in [0.1, 0.15) is 11.9 Å². The molecule has 0 radical (unpaired) electrons. The molecule has 3 nitrogen and oxygen atoms in total. The molecular formula is C16H13BrO3. The lowest BCUT2D eigenvalue weighted by molar-refractivity contribution is 0.188. The molecule has 1 heterocycles. The van der Waals surface area contributed by atoms with Crippen LogP contribution in [0.25, 0.3) is 10.8 Å². The third-order valence-corrected chi connectivity index (χ3v) is 3.94. The fraction of sp³-hybridized carbons (Fsp3) is 0.125. The molecule has 2 aromatic carbocycles. The summed E-state index contributed by atoms with van der Waals surface area (Å²) in [6, 6.07) is 13.4. The first-order valence-corrected chi connectivity index (χ1v) is 6.97. The van der Waals surface area contributed by atoms with E-state index in [1.807, 2.05) is 36.4 Å². The molecule has 0 fully saturated rings. The van der Waals surface area contributed by atoms with Gasteiger partial charge >= 0.3 is 0 Å². The molecule has 3 rings (SSSR count). The molecule has 102 valence electrons. The van der Waals surface area contributed by atoms with Gasteiger partial charge in [0, 0.05) is 0 Å². The monoisotopic (exact) mass is 332 g/mol. The number of hydrogen-bond acceptors (Lipinski definition) is 3. The molecule has 3 aromatic rings. The van der Waals surface area contributed by atoms with Gasteiger partial charge in [0.25, 0.3) is 0 Å². The number of rotatable bonds is 3. The van der Waals surface area contributed by atoms with Crippen LogP contribution in [0, 0.1) is 0 Å². The van der Waals surface area contributed by atoms with E-state index in [4.69, 9.17) is 9.15 Å². The molecular weight excluding hydrogens is 320 g/mol. The average molecular weight is 333 g/mol. The highest BCUT2D eigenvalue weighted by atomic mass is 79.9. The van der Waals surface area contributed by atoms with Gasteiger partial charge in [-0.05, 0) is 56.5 Å². The zero-order valence-corrected chi connectivity index (χ0v) is 12.4. The van der Waals surface area contributed by atoms with Crippen molar-refractivity contribution >= 4 is 26.7 Å². The van der Waals surface area contributed by atoms with E-state index in [0.29, 0.717) is 5.76 Å². The molecule has 0 amide bonds. The topological polar surface area (TPSA) is 42.6 Å². The number of aliphatic hydroxyl groups is 1. The summed E-state index contributed by atoms with van der Waals surface area (Å²) in [7, 11) is 1.65. The minimum absolute atomic E-state index is 0.512. The summed E-state index contributed by atoms with van der Waals surface area (Å²) in [6.45, 7) is 0.